The van der Waals surface area contributed by atoms with E-state index < -0.39 is 0 Å². The van der Waals surface area contributed by atoms with Crippen LogP contribution in [0.25, 0.3) is 22.3 Å². The van der Waals surface area contributed by atoms with E-state index in [9.17, 15) is 4.79 Å². The van der Waals surface area contributed by atoms with Gasteiger partial charge in [-0.3, -0.25) is 14.5 Å². The molecule has 0 amide bonds. The maximum Gasteiger partial charge on any atom is 0.266 e. The Labute approximate surface area is 176 Å². The van der Waals surface area contributed by atoms with Crippen molar-refractivity contribution < 1.29 is 4.74 Å². The van der Waals surface area contributed by atoms with Crippen LogP contribution in [0.3, 0.4) is 0 Å². The second-order valence-electron chi connectivity index (χ2n) is 7.85. The molecule has 3 aromatic rings. The predicted octanol–water partition coefficient (Wildman–Crippen LogP) is 3.03. The average molecular weight is 435 g/mol. The molecule has 5 rings (SSSR count). The van der Waals surface area contributed by atoms with E-state index in [4.69, 9.17) is 32.9 Å². The first kappa shape index (κ1) is 18.8. The van der Waals surface area contributed by atoms with Crippen LogP contribution in [0.15, 0.2) is 17.1 Å². The Hall–Kier alpha value is -2.16. The van der Waals surface area contributed by atoms with Crippen molar-refractivity contribution in [2.75, 3.05) is 31.2 Å². The molecular weight excluding hydrogens is 415 g/mol. The van der Waals surface area contributed by atoms with E-state index in [1.807, 2.05) is 0 Å². The quantitative estimate of drug-likeness (QED) is 0.623. The van der Waals surface area contributed by atoms with Gasteiger partial charge < -0.3 is 9.64 Å². The highest BCUT2D eigenvalue weighted by Crippen LogP contribution is 2.40. The predicted molar refractivity (Wildman–Crippen MR) is 112 cm³/mol. The van der Waals surface area contributed by atoms with Crippen molar-refractivity contribution in [3.8, 4) is 11.3 Å². The number of halogens is 2. The molecule has 5 heterocycles. The topological polar surface area (TPSA) is 88.9 Å². The van der Waals surface area contributed by atoms with Crippen LogP contribution in [0.2, 0.25) is 10.2 Å². The summed E-state index contributed by atoms with van der Waals surface area (Å²) in [5, 5.41) is 8.23. The Morgan fingerprint density at radius 3 is 2.76 bits per heavy atom. The Kier molecular flexibility index (Phi) is 4.53. The number of fused-ring (bicyclic) bond motifs is 1. The summed E-state index contributed by atoms with van der Waals surface area (Å²) in [6.07, 6.45) is 4.65. The number of nitrogens with zero attached hydrogens (tertiary/aromatic N) is 5. The Balaban J connectivity index is 1.54. The maximum atomic E-state index is 13.2. The van der Waals surface area contributed by atoms with Crippen molar-refractivity contribution >= 4 is 40.2 Å². The Morgan fingerprint density at radius 2 is 2.03 bits per heavy atom. The number of piperidine rings is 1. The second-order valence-corrected chi connectivity index (χ2v) is 8.64. The molecule has 0 unspecified atom stereocenters. The minimum atomic E-state index is -0.178. The first-order valence-corrected chi connectivity index (χ1v) is 10.3. The molecule has 0 atom stereocenters. The van der Waals surface area contributed by atoms with Gasteiger partial charge in [0.25, 0.3) is 5.56 Å². The molecule has 0 bridgehead atoms. The van der Waals surface area contributed by atoms with Gasteiger partial charge in [0.15, 0.2) is 5.65 Å². The van der Waals surface area contributed by atoms with Crippen molar-refractivity contribution in [1.82, 2.24) is 24.7 Å². The molecule has 0 aliphatic carbocycles. The number of ether oxygens (including phenoxy) is 1. The van der Waals surface area contributed by atoms with Crippen molar-refractivity contribution in [3.63, 3.8) is 0 Å². The lowest BCUT2D eigenvalue weighted by molar-refractivity contribution is 0.133. The summed E-state index contributed by atoms with van der Waals surface area (Å²) in [6.45, 7) is 3.39. The van der Waals surface area contributed by atoms with Crippen LogP contribution in [0.5, 0.6) is 0 Å². The van der Waals surface area contributed by atoms with E-state index >= 15 is 0 Å². The molecule has 1 spiro atoms. The highest BCUT2D eigenvalue weighted by molar-refractivity contribution is 6.34. The summed E-state index contributed by atoms with van der Waals surface area (Å²) in [5.41, 5.74) is 1.52. The molecule has 0 radical (unpaired) electrons. The Morgan fingerprint density at radius 1 is 1.24 bits per heavy atom. The molecule has 1 N–H and O–H groups in total. The number of hydrogen-bond acceptors (Lipinski definition) is 6. The van der Waals surface area contributed by atoms with Gasteiger partial charge in [-0.1, -0.05) is 23.2 Å². The number of nitrogens with one attached hydrogen (secondary N) is 1. The minimum absolute atomic E-state index is 0.178. The molecule has 2 aliphatic rings. The van der Waals surface area contributed by atoms with Crippen molar-refractivity contribution in [3.05, 3.63) is 32.8 Å². The molecule has 152 valence electrons. The summed E-state index contributed by atoms with van der Waals surface area (Å²) >= 11 is 12.3. The van der Waals surface area contributed by atoms with Gasteiger partial charge in [-0.05, 0) is 30.7 Å². The van der Waals surface area contributed by atoms with Gasteiger partial charge in [-0.15, -0.1) is 0 Å². The fourth-order valence-electron chi connectivity index (χ4n) is 4.35. The lowest BCUT2D eigenvalue weighted by atomic mass is 9.78. The summed E-state index contributed by atoms with van der Waals surface area (Å²) < 4.78 is 7.20. The molecule has 10 heteroatoms. The van der Waals surface area contributed by atoms with Crippen LogP contribution < -0.4 is 10.5 Å². The van der Waals surface area contributed by atoms with Crippen LogP contribution in [0.4, 0.5) is 5.95 Å². The fourth-order valence-corrected chi connectivity index (χ4v) is 4.70. The van der Waals surface area contributed by atoms with Gasteiger partial charge >= 0.3 is 0 Å². The van der Waals surface area contributed by atoms with Crippen molar-refractivity contribution in [2.24, 2.45) is 12.5 Å². The van der Waals surface area contributed by atoms with Gasteiger partial charge in [0.2, 0.25) is 5.95 Å². The molecule has 2 saturated heterocycles. The number of aromatic nitrogens is 5. The average Bonchev–Trinajstić information content (AvgIpc) is 3.35. The summed E-state index contributed by atoms with van der Waals surface area (Å²) in [4.78, 5) is 24.1. The number of anilines is 1. The lowest BCUT2D eigenvalue weighted by Crippen LogP contribution is -2.43. The third kappa shape index (κ3) is 3.10. The van der Waals surface area contributed by atoms with E-state index in [0.717, 1.165) is 45.6 Å². The minimum Gasteiger partial charge on any atom is -0.381 e. The van der Waals surface area contributed by atoms with Crippen LogP contribution in [0.1, 0.15) is 19.3 Å². The molecule has 0 saturated carbocycles. The molecular formula is C19H20Cl2N6O2. The van der Waals surface area contributed by atoms with E-state index in [1.165, 1.54) is 6.20 Å². The molecule has 2 aliphatic heterocycles. The maximum absolute atomic E-state index is 13.2. The third-order valence-corrected chi connectivity index (χ3v) is 6.65. The SMILES string of the molecule is Cn1c(N2CCC3(CCOC3)CC2)nc2[nH]nc(-c3cc(Cl)ncc3Cl)c2c1=O. The normalized spacial score (nSPS) is 18.8. The van der Waals surface area contributed by atoms with Crippen LogP contribution >= 0.6 is 23.2 Å². The van der Waals surface area contributed by atoms with E-state index in [2.05, 4.69) is 20.1 Å². The zero-order valence-corrected chi connectivity index (χ0v) is 17.4. The zero-order chi connectivity index (χ0) is 20.2. The van der Waals surface area contributed by atoms with Crippen molar-refractivity contribution in [1.29, 1.82) is 0 Å². The molecule has 29 heavy (non-hydrogen) atoms. The highest BCUT2D eigenvalue weighted by Gasteiger charge is 2.38. The number of hydrogen-bond donors (Lipinski definition) is 1. The lowest BCUT2D eigenvalue weighted by Gasteiger charge is -2.39. The van der Waals surface area contributed by atoms with Gasteiger partial charge in [0, 0.05) is 38.5 Å². The Bertz CT molecular complexity index is 1140. The molecule has 0 aromatic carbocycles. The monoisotopic (exact) mass is 434 g/mol. The third-order valence-electron chi connectivity index (χ3n) is 6.15. The van der Waals surface area contributed by atoms with E-state index in [1.54, 1.807) is 17.7 Å². The first-order valence-electron chi connectivity index (χ1n) is 9.57. The van der Waals surface area contributed by atoms with Crippen molar-refractivity contribution in [2.45, 2.75) is 19.3 Å². The molecule has 8 nitrogen and oxygen atoms in total. The smallest absolute Gasteiger partial charge is 0.266 e. The van der Waals surface area contributed by atoms with Gasteiger partial charge in [0.05, 0.1) is 11.6 Å². The van der Waals surface area contributed by atoms with Crippen LogP contribution in [0, 0.1) is 5.41 Å². The number of pyridine rings is 1. The summed E-state index contributed by atoms with van der Waals surface area (Å²) in [5.74, 6) is 0.644. The molecule has 2 fully saturated rings. The first-order chi connectivity index (χ1) is 14.0. The molecule has 3 aromatic heterocycles. The fraction of sp³-hybridized carbons (Fsp3) is 0.474. The zero-order valence-electron chi connectivity index (χ0n) is 15.9. The second kappa shape index (κ2) is 6.97. The number of aromatic amines is 1. The van der Waals surface area contributed by atoms with Crippen LogP contribution in [-0.2, 0) is 11.8 Å². The van der Waals surface area contributed by atoms with E-state index in [0.29, 0.717) is 33.3 Å². The number of rotatable bonds is 2. The standard InChI is InChI=1S/C19H20Cl2N6O2/c1-26-17(28)14-15(11-8-13(21)22-9-12(11)20)24-25-16(14)23-18(26)27-5-2-19(3-6-27)4-7-29-10-19/h8-9H,2-7,10H2,1H3,(H,24,25). The number of H-pyrrole nitrogens is 1. The van der Waals surface area contributed by atoms with Gasteiger partial charge in [0.1, 0.15) is 16.2 Å². The summed E-state index contributed by atoms with van der Waals surface area (Å²) in [7, 11) is 1.74. The van der Waals surface area contributed by atoms with E-state index in [-0.39, 0.29) is 16.1 Å². The van der Waals surface area contributed by atoms with Gasteiger partial charge in [-0.25, -0.2) is 4.98 Å². The van der Waals surface area contributed by atoms with Gasteiger partial charge in [-0.2, -0.15) is 10.1 Å². The summed E-state index contributed by atoms with van der Waals surface area (Å²) in [6, 6.07) is 1.60. The van der Waals surface area contributed by atoms with Crippen LogP contribution in [-0.4, -0.2) is 51.0 Å². The highest BCUT2D eigenvalue weighted by atomic mass is 35.5. The largest absolute Gasteiger partial charge is 0.381 e.